The minimum atomic E-state index is -1.24. The molecule has 2 atom stereocenters. The molecule has 5 nitrogen and oxygen atoms in total. The van der Waals surface area contributed by atoms with Crippen LogP contribution in [0.1, 0.15) is 54.7 Å². The van der Waals surface area contributed by atoms with Gasteiger partial charge in [0.1, 0.15) is 0 Å². The number of carbonyl (C=O) groups is 2. The first-order valence-electron chi connectivity index (χ1n) is 9.81. The molecule has 2 aromatic carbocycles. The SMILES string of the molecule is CCC(C)OC(=O)C(C)c1c(C)n(C(=O)c2ccc(Cl)cc2)c2cc(F)c(O)c(F)c12. The summed E-state index contributed by atoms with van der Waals surface area (Å²) in [4.78, 5) is 25.9. The average molecular weight is 450 g/mol. The van der Waals surface area contributed by atoms with E-state index in [0.29, 0.717) is 11.4 Å². The molecule has 0 amide bonds. The molecule has 31 heavy (non-hydrogen) atoms. The van der Waals surface area contributed by atoms with Gasteiger partial charge in [-0.25, -0.2) is 8.78 Å². The summed E-state index contributed by atoms with van der Waals surface area (Å²) in [6.45, 7) is 6.63. The molecule has 0 bridgehead atoms. The Labute approximate surface area is 183 Å². The van der Waals surface area contributed by atoms with Gasteiger partial charge in [-0.05, 0) is 57.0 Å². The van der Waals surface area contributed by atoms with Crippen molar-refractivity contribution in [2.45, 2.75) is 46.1 Å². The minimum Gasteiger partial charge on any atom is -0.503 e. The zero-order valence-electron chi connectivity index (χ0n) is 17.5. The van der Waals surface area contributed by atoms with Crippen LogP contribution in [0.5, 0.6) is 5.75 Å². The second kappa shape index (κ2) is 8.67. The average Bonchev–Trinajstić information content (AvgIpc) is 3.03. The molecule has 3 aromatic rings. The highest BCUT2D eigenvalue weighted by atomic mass is 35.5. The van der Waals surface area contributed by atoms with E-state index in [1.165, 1.54) is 38.1 Å². The Morgan fingerprint density at radius 1 is 1.19 bits per heavy atom. The van der Waals surface area contributed by atoms with Crippen LogP contribution in [0.3, 0.4) is 0 Å². The van der Waals surface area contributed by atoms with Gasteiger partial charge in [0.15, 0.2) is 17.4 Å². The second-order valence-corrected chi connectivity index (χ2v) is 7.88. The van der Waals surface area contributed by atoms with E-state index in [2.05, 4.69) is 0 Å². The van der Waals surface area contributed by atoms with Crippen molar-refractivity contribution in [2.24, 2.45) is 0 Å². The van der Waals surface area contributed by atoms with E-state index in [1.54, 1.807) is 6.92 Å². The smallest absolute Gasteiger partial charge is 0.313 e. The zero-order chi connectivity index (χ0) is 23.0. The van der Waals surface area contributed by atoms with Gasteiger partial charge in [0.05, 0.1) is 17.5 Å². The molecule has 2 unspecified atom stereocenters. The van der Waals surface area contributed by atoms with Crippen molar-refractivity contribution in [2.75, 3.05) is 0 Å². The third kappa shape index (κ3) is 4.02. The highest BCUT2D eigenvalue weighted by Crippen LogP contribution is 2.39. The highest BCUT2D eigenvalue weighted by molar-refractivity contribution is 6.30. The number of esters is 1. The van der Waals surface area contributed by atoms with Gasteiger partial charge < -0.3 is 9.84 Å². The minimum absolute atomic E-state index is 0.0940. The number of aromatic nitrogens is 1. The molecule has 0 fully saturated rings. The van der Waals surface area contributed by atoms with E-state index in [-0.39, 0.29) is 33.8 Å². The summed E-state index contributed by atoms with van der Waals surface area (Å²) in [7, 11) is 0. The van der Waals surface area contributed by atoms with E-state index >= 15 is 0 Å². The Morgan fingerprint density at radius 3 is 2.39 bits per heavy atom. The molecule has 1 N–H and O–H groups in total. The summed E-state index contributed by atoms with van der Waals surface area (Å²) in [6.07, 6.45) is 0.240. The van der Waals surface area contributed by atoms with Crippen molar-refractivity contribution < 1.29 is 28.2 Å². The number of phenols is 1. The number of nitrogens with zero attached hydrogens (tertiary/aromatic N) is 1. The lowest BCUT2D eigenvalue weighted by Gasteiger charge is -2.16. The van der Waals surface area contributed by atoms with Gasteiger partial charge in [0, 0.05) is 27.7 Å². The van der Waals surface area contributed by atoms with Crippen LogP contribution in [0.2, 0.25) is 5.02 Å². The van der Waals surface area contributed by atoms with Crippen LogP contribution in [0.15, 0.2) is 30.3 Å². The fourth-order valence-corrected chi connectivity index (χ4v) is 3.65. The number of benzene rings is 2. The number of hydrogen-bond donors (Lipinski definition) is 1. The first kappa shape index (κ1) is 22.7. The number of hydrogen-bond acceptors (Lipinski definition) is 4. The Hall–Kier alpha value is -2.93. The van der Waals surface area contributed by atoms with Gasteiger partial charge in [0.2, 0.25) is 0 Å². The summed E-state index contributed by atoms with van der Waals surface area (Å²) in [5, 5.41) is 10.1. The molecule has 0 saturated heterocycles. The van der Waals surface area contributed by atoms with E-state index in [9.17, 15) is 23.5 Å². The Balaban J connectivity index is 2.27. The molecule has 0 saturated carbocycles. The number of halogens is 3. The number of fused-ring (bicyclic) bond motifs is 1. The third-order valence-corrected chi connectivity index (χ3v) is 5.63. The predicted molar refractivity (Wildman–Crippen MR) is 114 cm³/mol. The van der Waals surface area contributed by atoms with Crippen molar-refractivity contribution in [1.82, 2.24) is 4.57 Å². The quantitative estimate of drug-likeness (QED) is 0.506. The summed E-state index contributed by atoms with van der Waals surface area (Å²) < 4.78 is 35.7. The van der Waals surface area contributed by atoms with Crippen LogP contribution in [0.25, 0.3) is 10.9 Å². The molecule has 0 aliphatic heterocycles. The Morgan fingerprint density at radius 2 is 1.81 bits per heavy atom. The lowest BCUT2D eigenvalue weighted by atomic mass is 9.97. The summed E-state index contributed by atoms with van der Waals surface area (Å²) in [5.41, 5.74) is 0.536. The largest absolute Gasteiger partial charge is 0.503 e. The van der Waals surface area contributed by atoms with Gasteiger partial charge >= 0.3 is 5.97 Å². The van der Waals surface area contributed by atoms with Crippen molar-refractivity contribution >= 4 is 34.4 Å². The number of aromatic hydroxyl groups is 1. The first-order chi connectivity index (χ1) is 14.6. The maximum absolute atomic E-state index is 15.0. The molecule has 1 aromatic heterocycles. The highest BCUT2D eigenvalue weighted by Gasteiger charge is 2.31. The van der Waals surface area contributed by atoms with Gasteiger partial charge in [-0.1, -0.05) is 18.5 Å². The molecule has 0 aliphatic rings. The van der Waals surface area contributed by atoms with Gasteiger partial charge in [-0.2, -0.15) is 0 Å². The second-order valence-electron chi connectivity index (χ2n) is 7.44. The predicted octanol–water partition coefficient (Wildman–Crippen LogP) is 5.72. The van der Waals surface area contributed by atoms with Gasteiger partial charge in [-0.3, -0.25) is 14.2 Å². The van der Waals surface area contributed by atoms with E-state index < -0.39 is 35.2 Å². The summed E-state index contributed by atoms with van der Waals surface area (Å²) >= 11 is 5.89. The van der Waals surface area contributed by atoms with Crippen molar-refractivity contribution in [3.63, 3.8) is 0 Å². The normalized spacial score (nSPS) is 13.3. The molecule has 1 heterocycles. The molecular formula is C23H22ClF2NO4. The lowest BCUT2D eigenvalue weighted by Crippen LogP contribution is -2.20. The van der Waals surface area contributed by atoms with Crippen LogP contribution in [0, 0.1) is 18.6 Å². The molecule has 0 spiro atoms. The van der Waals surface area contributed by atoms with E-state index in [4.69, 9.17) is 16.3 Å². The number of rotatable bonds is 5. The van der Waals surface area contributed by atoms with Crippen LogP contribution < -0.4 is 0 Å². The third-order valence-electron chi connectivity index (χ3n) is 5.38. The summed E-state index contributed by atoms with van der Waals surface area (Å²) in [5.74, 6) is -5.76. The first-order valence-corrected chi connectivity index (χ1v) is 10.2. The Bertz CT molecular complexity index is 1170. The maximum Gasteiger partial charge on any atom is 0.313 e. The lowest BCUT2D eigenvalue weighted by molar-refractivity contribution is -0.149. The molecule has 164 valence electrons. The number of phenolic OH excluding ortho intramolecular Hbond substituents is 1. The molecule has 0 radical (unpaired) electrons. The van der Waals surface area contributed by atoms with Crippen molar-refractivity contribution in [1.29, 1.82) is 0 Å². The topological polar surface area (TPSA) is 68.5 Å². The van der Waals surface area contributed by atoms with Crippen molar-refractivity contribution in [3.8, 4) is 5.75 Å². The van der Waals surface area contributed by atoms with Crippen LogP contribution in [-0.4, -0.2) is 27.7 Å². The van der Waals surface area contributed by atoms with E-state index in [1.807, 2.05) is 6.92 Å². The van der Waals surface area contributed by atoms with Crippen LogP contribution in [0.4, 0.5) is 8.78 Å². The standard InChI is InChI=1S/C23H22ClF2NO4/c1-5-11(2)31-23(30)12(3)18-13(4)27(22(29)14-6-8-15(24)9-7-14)17-10-16(25)21(28)20(26)19(17)18/h6-12,28H,5H2,1-4H3. The maximum atomic E-state index is 15.0. The fraction of sp³-hybridized carbons (Fsp3) is 0.304. The summed E-state index contributed by atoms with van der Waals surface area (Å²) in [6, 6.07) is 6.91. The van der Waals surface area contributed by atoms with E-state index in [0.717, 1.165) is 10.6 Å². The van der Waals surface area contributed by atoms with Crippen LogP contribution in [-0.2, 0) is 9.53 Å². The van der Waals surface area contributed by atoms with Crippen molar-refractivity contribution in [3.05, 3.63) is 63.8 Å². The monoisotopic (exact) mass is 449 g/mol. The molecule has 0 aliphatic carbocycles. The van der Waals surface area contributed by atoms with Crippen LogP contribution >= 0.6 is 11.6 Å². The number of carbonyl (C=O) groups excluding carboxylic acids is 2. The molecule has 3 rings (SSSR count). The molecular weight excluding hydrogens is 428 g/mol. The van der Waals surface area contributed by atoms with Gasteiger partial charge in [-0.15, -0.1) is 0 Å². The molecule has 8 heteroatoms. The fourth-order valence-electron chi connectivity index (χ4n) is 3.53. The zero-order valence-corrected chi connectivity index (χ0v) is 18.3. The number of ether oxygens (including phenoxy) is 1. The van der Waals surface area contributed by atoms with Gasteiger partial charge in [0.25, 0.3) is 5.91 Å². The Kier molecular flexibility index (Phi) is 6.36.